The molecule has 16 heavy (non-hydrogen) atoms. The Kier molecular flexibility index (Phi) is 3.67. The first-order chi connectivity index (χ1) is 7.83. The predicted octanol–water partition coefficient (Wildman–Crippen LogP) is 1.87. The summed E-state index contributed by atoms with van der Waals surface area (Å²) >= 11 is 0. The minimum atomic E-state index is 0.649. The van der Waals surface area contributed by atoms with Gasteiger partial charge in [-0.3, -0.25) is 0 Å². The van der Waals surface area contributed by atoms with Crippen LogP contribution in [0.1, 0.15) is 13.3 Å². The Hall–Kier alpha value is -1.22. The zero-order valence-corrected chi connectivity index (χ0v) is 9.86. The highest BCUT2D eigenvalue weighted by atomic mass is 16.5. The lowest BCUT2D eigenvalue weighted by Gasteiger charge is -2.19. The molecule has 1 fully saturated rings. The van der Waals surface area contributed by atoms with E-state index in [1.807, 2.05) is 13.0 Å². The Morgan fingerprint density at radius 1 is 1.50 bits per heavy atom. The molecule has 0 aromatic heterocycles. The summed E-state index contributed by atoms with van der Waals surface area (Å²) in [5.74, 6) is 1.60. The molecule has 1 atom stereocenters. The van der Waals surface area contributed by atoms with Gasteiger partial charge in [-0.25, -0.2) is 0 Å². The molecule has 2 rings (SSSR count). The van der Waals surface area contributed by atoms with Crippen LogP contribution in [0.3, 0.4) is 0 Å². The van der Waals surface area contributed by atoms with Crippen LogP contribution in [0, 0.1) is 5.92 Å². The van der Waals surface area contributed by atoms with Crippen LogP contribution in [-0.2, 0) is 0 Å². The number of hydrogen-bond donors (Lipinski definition) is 1. The molecule has 1 aliphatic heterocycles. The van der Waals surface area contributed by atoms with Gasteiger partial charge < -0.3 is 15.4 Å². The number of benzene rings is 1. The topological polar surface area (TPSA) is 38.5 Å². The molecule has 1 saturated heterocycles. The van der Waals surface area contributed by atoms with Crippen LogP contribution in [0.25, 0.3) is 0 Å². The average molecular weight is 220 g/mol. The van der Waals surface area contributed by atoms with Crippen molar-refractivity contribution in [3.8, 4) is 5.75 Å². The molecule has 0 bridgehead atoms. The SMILES string of the molecule is CCOc1cccc(N2CCC(CN)C2)c1. The van der Waals surface area contributed by atoms with Crippen molar-refractivity contribution >= 4 is 5.69 Å². The van der Waals surface area contributed by atoms with Crippen molar-refractivity contribution < 1.29 is 4.74 Å². The number of ether oxygens (including phenoxy) is 1. The second kappa shape index (κ2) is 5.21. The summed E-state index contributed by atoms with van der Waals surface area (Å²) in [5.41, 5.74) is 6.95. The third-order valence-electron chi connectivity index (χ3n) is 3.11. The number of hydrogen-bond acceptors (Lipinski definition) is 3. The maximum atomic E-state index is 5.70. The van der Waals surface area contributed by atoms with E-state index in [0.717, 1.165) is 32.0 Å². The molecule has 0 spiro atoms. The maximum absolute atomic E-state index is 5.70. The third kappa shape index (κ3) is 2.47. The van der Waals surface area contributed by atoms with Crippen LogP contribution in [-0.4, -0.2) is 26.2 Å². The summed E-state index contributed by atoms with van der Waals surface area (Å²) < 4.78 is 5.51. The number of rotatable bonds is 4. The molecule has 3 heteroatoms. The second-order valence-corrected chi connectivity index (χ2v) is 4.27. The molecule has 1 unspecified atom stereocenters. The standard InChI is InChI=1S/C13H20N2O/c1-2-16-13-5-3-4-12(8-13)15-7-6-11(9-14)10-15/h3-5,8,11H,2,6-7,9-10,14H2,1H3. The van der Waals surface area contributed by atoms with Crippen molar-refractivity contribution in [3.63, 3.8) is 0 Å². The van der Waals surface area contributed by atoms with E-state index in [9.17, 15) is 0 Å². The van der Waals surface area contributed by atoms with Gasteiger partial charge in [0.05, 0.1) is 6.61 Å². The Morgan fingerprint density at radius 2 is 2.38 bits per heavy atom. The van der Waals surface area contributed by atoms with E-state index in [1.54, 1.807) is 0 Å². The highest BCUT2D eigenvalue weighted by molar-refractivity contribution is 5.51. The van der Waals surface area contributed by atoms with Gasteiger partial charge in [0.15, 0.2) is 0 Å². The van der Waals surface area contributed by atoms with E-state index < -0.39 is 0 Å². The van der Waals surface area contributed by atoms with Gasteiger partial charge in [0.2, 0.25) is 0 Å². The summed E-state index contributed by atoms with van der Waals surface area (Å²) in [4.78, 5) is 2.39. The fourth-order valence-electron chi connectivity index (χ4n) is 2.20. The van der Waals surface area contributed by atoms with Crippen LogP contribution < -0.4 is 15.4 Å². The first kappa shape index (κ1) is 11.3. The highest BCUT2D eigenvalue weighted by Crippen LogP contribution is 2.26. The second-order valence-electron chi connectivity index (χ2n) is 4.27. The molecule has 0 radical (unpaired) electrons. The summed E-state index contributed by atoms with van der Waals surface area (Å²) in [7, 11) is 0. The van der Waals surface area contributed by atoms with Gasteiger partial charge in [-0.1, -0.05) is 6.07 Å². The average Bonchev–Trinajstić information content (AvgIpc) is 2.78. The van der Waals surface area contributed by atoms with E-state index in [1.165, 1.54) is 12.1 Å². The molecule has 0 saturated carbocycles. The molecule has 3 nitrogen and oxygen atoms in total. The zero-order valence-electron chi connectivity index (χ0n) is 9.86. The van der Waals surface area contributed by atoms with Gasteiger partial charge in [-0.05, 0) is 37.9 Å². The molecule has 1 aromatic rings. The van der Waals surface area contributed by atoms with Crippen molar-refractivity contribution in [2.75, 3.05) is 31.1 Å². The molecule has 1 heterocycles. The quantitative estimate of drug-likeness (QED) is 0.842. The smallest absolute Gasteiger partial charge is 0.121 e. The minimum Gasteiger partial charge on any atom is -0.494 e. The van der Waals surface area contributed by atoms with Crippen molar-refractivity contribution in [2.24, 2.45) is 11.7 Å². The Labute approximate surface area is 97.2 Å². The van der Waals surface area contributed by atoms with Crippen molar-refractivity contribution in [1.29, 1.82) is 0 Å². The molecule has 0 aliphatic carbocycles. The zero-order chi connectivity index (χ0) is 11.4. The van der Waals surface area contributed by atoms with Crippen molar-refractivity contribution in [3.05, 3.63) is 24.3 Å². The monoisotopic (exact) mass is 220 g/mol. The van der Waals surface area contributed by atoms with E-state index in [0.29, 0.717) is 5.92 Å². The molecule has 1 aliphatic rings. The van der Waals surface area contributed by atoms with Crippen LogP contribution in [0.5, 0.6) is 5.75 Å². The summed E-state index contributed by atoms with van der Waals surface area (Å²) in [5, 5.41) is 0. The molecule has 1 aromatic carbocycles. The van der Waals surface area contributed by atoms with Crippen LogP contribution >= 0.6 is 0 Å². The van der Waals surface area contributed by atoms with Gasteiger partial charge in [0.25, 0.3) is 0 Å². The highest BCUT2D eigenvalue weighted by Gasteiger charge is 2.21. The molecule has 2 N–H and O–H groups in total. The number of nitrogens with zero attached hydrogens (tertiary/aromatic N) is 1. The van der Waals surface area contributed by atoms with E-state index >= 15 is 0 Å². The van der Waals surface area contributed by atoms with E-state index in [2.05, 4.69) is 23.1 Å². The molecule has 0 amide bonds. The summed E-state index contributed by atoms with van der Waals surface area (Å²) in [6.07, 6.45) is 1.20. The van der Waals surface area contributed by atoms with Crippen molar-refractivity contribution in [2.45, 2.75) is 13.3 Å². The maximum Gasteiger partial charge on any atom is 0.121 e. The minimum absolute atomic E-state index is 0.649. The van der Waals surface area contributed by atoms with Gasteiger partial charge in [-0.2, -0.15) is 0 Å². The van der Waals surface area contributed by atoms with Gasteiger partial charge in [0.1, 0.15) is 5.75 Å². The largest absolute Gasteiger partial charge is 0.494 e. The lowest BCUT2D eigenvalue weighted by molar-refractivity contribution is 0.340. The summed E-state index contributed by atoms with van der Waals surface area (Å²) in [6.45, 7) is 5.70. The lowest BCUT2D eigenvalue weighted by atomic mass is 10.1. The lowest BCUT2D eigenvalue weighted by Crippen LogP contribution is -2.22. The third-order valence-corrected chi connectivity index (χ3v) is 3.11. The number of anilines is 1. The first-order valence-electron chi connectivity index (χ1n) is 6.01. The van der Waals surface area contributed by atoms with E-state index in [-0.39, 0.29) is 0 Å². The molecule has 88 valence electrons. The normalized spacial score (nSPS) is 20.1. The first-order valence-corrected chi connectivity index (χ1v) is 6.01. The summed E-state index contributed by atoms with van der Waals surface area (Å²) in [6, 6.07) is 8.31. The van der Waals surface area contributed by atoms with E-state index in [4.69, 9.17) is 10.5 Å². The molecular formula is C13H20N2O. The van der Waals surface area contributed by atoms with Gasteiger partial charge in [0, 0.05) is 24.8 Å². The van der Waals surface area contributed by atoms with Gasteiger partial charge in [-0.15, -0.1) is 0 Å². The Morgan fingerprint density at radius 3 is 3.06 bits per heavy atom. The fraction of sp³-hybridized carbons (Fsp3) is 0.538. The van der Waals surface area contributed by atoms with Crippen LogP contribution in [0.2, 0.25) is 0 Å². The predicted molar refractivity (Wildman–Crippen MR) is 67.0 cm³/mol. The van der Waals surface area contributed by atoms with Gasteiger partial charge >= 0.3 is 0 Å². The Balaban J connectivity index is 2.06. The fourth-order valence-corrected chi connectivity index (χ4v) is 2.20. The van der Waals surface area contributed by atoms with Crippen LogP contribution in [0.4, 0.5) is 5.69 Å². The molecular weight excluding hydrogens is 200 g/mol. The Bertz CT molecular complexity index is 340. The number of nitrogens with two attached hydrogens (primary N) is 1. The van der Waals surface area contributed by atoms with Crippen molar-refractivity contribution in [1.82, 2.24) is 0 Å². The van der Waals surface area contributed by atoms with Crippen LogP contribution in [0.15, 0.2) is 24.3 Å².